The van der Waals surface area contributed by atoms with Gasteiger partial charge in [0.05, 0.1) is 18.3 Å². The summed E-state index contributed by atoms with van der Waals surface area (Å²) in [6, 6.07) is 14.1. The maximum absolute atomic E-state index is 12.8. The van der Waals surface area contributed by atoms with Crippen LogP contribution in [-0.2, 0) is 6.54 Å². The Morgan fingerprint density at radius 3 is 2.52 bits per heavy atom. The first-order valence-electron chi connectivity index (χ1n) is 11.1. The Morgan fingerprint density at radius 2 is 1.87 bits per heavy atom. The zero-order valence-corrected chi connectivity index (χ0v) is 18.4. The van der Waals surface area contributed by atoms with Crippen molar-refractivity contribution < 1.29 is 4.79 Å². The number of carbonyl (C=O) groups is 1. The average molecular weight is 418 g/mol. The first-order valence-corrected chi connectivity index (χ1v) is 11.1. The van der Waals surface area contributed by atoms with E-state index in [0.29, 0.717) is 18.7 Å². The van der Waals surface area contributed by atoms with Gasteiger partial charge < -0.3 is 5.32 Å². The van der Waals surface area contributed by atoms with Gasteiger partial charge in [-0.15, -0.1) is 0 Å². The lowest BCUT2D eigenvalue weighted by molar-refractivity contribution is 0.0924. The molecule has 0 saturated carbocycles. The second kappa shape index (κ2) is 9.88. The van der Waals surface area contributed by atoms with Crippen LogP contribution in [0.2, 0.25) is 0 Å². The lowest BCUT2D eigenvalue weighted by Gasteiger charge is -2.34. The maximum Gasteiger partial charge on any atom is 0.251 e. The van der Waals surface area contributed by atoms with Crippen molar-refractivity contribution >= 4 is 5.91 Å². The minimum absolute atomic E-state index is 0.0384. The topological polar surface area (TPSA) is 63.1 Å². The van der Waals surface area contributed by atoms with Crippen LogP contribution in [-0.4, -0.2) is 45.2 Å². The zero-order chi connectivity index (χ0) is 21.6. The third-order valence-corrected chi connectivity index (χ3v) is 6.01. The third kappa shape index (κ3) is 5.39. The summed E-state index contributed by atoms with van der Waals surface area (Å²) in [5, 5.41) is 7.66. The largest absolute Gasteiger partial charge is 0.350 e. The molecule has 1 aliphatic rings. The van der Waals surface area contributed by atoms with E-state index in [9.17, 15) is 4.79 Å². The van der Waals surface area contributed by atoms with E-state index in [4.69, 9.17) is 0 Å². The molecule has 1 aliphatic heterocycles. The van der Waals surface area contributed by atoms with E-state index in [1.165, 1.54) is 19.3 Å². The van der Waals surface area contributed by atoms with E-state index < -0.39 is 0 Å². The summed E-state index contributed by atoms with van der Waals surface area (Å²) in [7, 11) is 0. The Labute approximate surface area is 184 Å². The molecule has 6 heteroatoms. The minimum Gasteiger partial charge on any atom is -0.350 e. The van der Waals surface area contributed by atoms with E-state index in [2.05, 4.69) is 39.4 Å². The number of carbonyl (C=O) groups excluding carboxylic acids is 1. The molecule has 1 fully saturated rings. The molecule has 0 spiro atoms. The molecular weight excluding hydrogens is 386 g/mol. The van der Waals surface area contributed by atoms with Crippen LogP contribution in [0.25, 0.3) is 0 Å². The molecule has 2 aromatic heterocycles. The Balaban J connectivity index is 1.40. The van der Waals surface area contributed by atoms with Crippen molar-refractivity contribution in [3.05, 3.63) is 82.9 Å². The van der Waals surface area contributed by atoms with Gasteiger partial charge in [-0.25, -0.2) is 0 Å². The highest BCUT2D eigenvalue weighted by molar-refractivity contribution is 5.94. The van der Waals surface area contributed by atoms with Gasteiger partial charge in [0.25, 0.3) is 5.91 Å². The first kappa shape index (κ1) is 21.2. The Kier molecular flexibility index (Phi) is 6.77. The molecule has 1 aromatic carbocycles. The predicted octanol–water partition coefficient (Wildman–Crippen LogP) is 3.90. The number of piperidine rings is 1. The average Bonchev–Trinajstić information content (AvgIpc) is 3.12. The summed E-state index contributed by atoms with van der Waals surface area (Å²) in [4.78, 5) is 19.6. The normalized spacial score (nSPS) is 15.5. The van der Waals surface area contributed by atoms with Gasteiger partial charge in [0.15, 0.2) is 0 Å². The molecule has 1 unspecified atom stereocenters. The maximum atomic E-state index is 12.8. The number of rotatable bonds is 7. The molecule has 0 bridgehead atoms. The lowest BCUT2D eigenvalue weighted by atomic mass is 10.0. The second-order valence-electron chi connectivity index (χ2n) is 8.39. The monoisotopic (exact) mass is 417 g/mol. The van der Waals surface area contributed by atoms with E-state index in [0.717, 1.165) is 35.6 Å². The fraction of sp³-hybridized carbons (Fsp3) is 0.400. The van der Waals surface area contributed by atoms with Crippen LogP contribution in [0.3, 0.4) is 0 Å². The number of aryl methyl sites for hydroxylation is 2. The van der Waals surface area contributed by atoms with Gasteiger partial charge in [-0.05, 0) is 75.2 Å². The standard InChI is InChI=1S/C25H31N5O/c1-19-15-20(2)30(28-19)18-21-8-10-22(11-9-21)25(31)27-17-24(23-7-6-12-26-16-23)29-13-4-3-5-14-29/h6-12,15-16,24H,3-5,13-14,17-18H2,1-2H3,(H,27,31). The number of aromatic nitrogens is 3. The number of benzene rings is 1. The summed E-state index contributed by atoms with van der Waals surface area (Å²) in [5.74, 6) is -0.0384. The van der Waals surface area contributed by atoms with Crippen molar-refractivity contribution in [2.24, 2.45) is 0 Å². The quantitative estimate of drug-likeness (QED) is 0.633. The van der Waals surface area contributed by atoms with Crippen molar-refractivity contribution in [1.82, 2.24) is 25.0 Å². The smallest absolute Gasteiger partial charge is 0.251 e. The summed E-state index contributed by atoms with van der Waals surface area (Å²) >= 11 is 0. The van der Waals surface area contributed by atoms with Crippen molar-refractivity contribution in [1.29, 1.82) is 0 Å². The van der Waals surface area contributed by atoms with Crippen molar-refractivity contribution in [3.63, 3.8) is 0 Å². The Bertz CT molecular complexity index is 991. The third-order valence-electron chi connectivity index (χ3n) is 6.01. The molecule has 0 aliphatic carbocycles. The van der Waals surface area contributed by atoms with E-state index >= 15 is 0 Å². The van der Waals surface area contributed by atoms with Gasteiger partial charge in [-0.2, -0.15) is 5.10 Å². The van der Waals surface area contributed by atoms with Crippen molar-refractivity contribution in [2.75, 3.05) is 19.6 Å². The molecule has 0 radical (unpaired) electrons. The molecule has 3 heterocycles. The molecule has 1 amide bonds. The van der Waals surface area contributed by atoms with Crippen LogP contribution in [0, 0.1) is 13.8 Å². The fourth-order valence-corrected chi connectivity index (χ4v) is 4.32. The number of hydrogen-bond donors (Lipinski definition) is 1. The summed E-state index contributed by atoms with van der Waals surface area (Å²) in [5.41, 5.74) is 5.12. The number of hydrogen-bond acceptors (Lipinski definition) is 4. The second-order valence-corrected chi connectivity index (χ2v) is 8.39. The van der Waals surface area contributed by atoms with Crippen LogP contribution in [0.1, 0.15) is 58.2 Å². The van der Waals surface area contributed by atoms with Gasteiger partial charge in [0.2, 0.25) is 0 Å². The van der Waals surface area contributed by atoms with Gasteiger partial charge >= 0.3 is 0 Å². The first-order chi connectivity index (χ1) is 15.1. The van der Waals surface area contributed by atoms with E-state index in [1.54, 1.807) is 6.20 Å². The number of likely N-dealkylation sites (tertiary alicyclic amines) is 1. The number of nitrogens with zero attached hydrogens (tertiary/aromatic N) is 4. The van der Waals surface area contributed by atoms with Gasteiger partial charge in [-0.1, -0.05) is 24.6 Å². The molecular formula is C25H31N5O. The Morgan fingerprint density at radius 1 is 1.10 bits per heavy atom. The number of nitrogens with one attached hydrogen (secondary N) is 1. The molecule has 1 saturated heterocycles. The predicted molar refractivity (Wildman–Crippen MR) is 122 cm³/mol. The SMILES string of the molecule is Cc1cc(C)n(Cc2ccc(C(=O)NCC(c3cccnc3)N3CCCCC3)cc2)n1. The van der Waals surface area contributed by atoms with Gasteiger partial charge in [-0.3, -0.25) is 19.4 Å². The number of pyridine rings is 1. The molecule has 31 heavy (non-hydrogen) atoms. The van der Waals surface area contributed by atoms with E-state index in [-0.39, 0.29) is 11.9 Å². The summed E-state index contributed by atoms with van der Waals surface area (Å²) in [6.45, 7) is 7.48. The van der Waals surface area contributed by atoms with Crippen LogP contribution < -0.4 is 5.32 Å². The molecule has 1 atom stereocenters. The zero-order valence-electron chi connectivity index (χ0n) is 18.4. The van der Waals surface area contributed by atoms with Crippen LogP contribution in [0.15, 0.2) is 54.9 Å². The highest BCUT2D eigenvalue weighted by Gasteiger charge is 2.23. The van der Waals surface area contributed by atoms with E-state index in [1.807, 2.05) is 48.1 Å². The fourth-order valence-electron chi connectivity index (χ4n) is 4.32. The summed E-state index contributed by atoms with van der Waals surface area (Å²) in [6.07, 6.45) is 7.41. The minimum atomic E-state index is -0.0384. The van der Waals surface area contributed by atoms with Gasteiger partial charge in [0.1, 0.15) is 0 Å². The lowest BCUT2D eigenvalue weighted by Crippen LogP contribution is -2.40. The molecule has 162 valence electrons. The molecule has 1 N–H and O–H groups in total. The molecule has 4 rings (SSSR count). The molecule has 6 nitrogen and oxygen atoms in total. The van der Waals surface area contributed by atoms with Gasteiger partial charge in [0, 0.05) is 30.2 Å². The highest BCUT2D eigenvalue weighted by Crippen LogP contribution is 2.23. The highest BCUT2D eigenvalue weighted by atomic mass is 16.1. The van der Waals surface area contributed by atoms with Crippen LogP contribution in [0.4, 0.5) is 0 Å². The van der Waals surface area contributed by atoms with Crippen LogP contribution >= 0.6 is 0 Å². The van der Waals surface area contributed by atoms with Crippen molar-refractivity contribution in [2.45, 2.75) is 45.7 Å². The van der Waals surface area contributed by atoms with Crippen molar-refractivity contribution in [3.8, 4) is 0 Å². The van der Waals surface area contributed by atoms with Crippen LogP contribution in [0.5, 0.6) is 0 Å². The number of amides is 1. The molecule has 3 aromatic rings. The summed E-state index contributed by atoms with van der Waals surface area (Å²) < 4.78 is 1.99. The Hall–Kier alpha value is -2.99.